The van der Waals surface area contributed by atoms with Crippen LogP contribution >= 0.6 is 15.9 Å². The van der Waals surface area contributed by atoms with Gasteiger partial charge in [-0.1, -0.05) is 15.9 Å². The molecule has 1 aliphatic rings. The van der Waals surface area contributed by atoms with Crippen molar-refractivity contribution in [3.63, 3.8) is 0 Å². The van der Waals surface area contributed by atoms with Crippen molar-refractivity contribution in [2.24, 2.45) is 7.05 Å². The number of hydrogen-bond donors (Lipinski definition) is 0. The molecular formula is C14H13BrN2O2. The molecule has 0 atom stereocenters. The number of aromatic nitrogens is 2. The van der Waals surface area contributed by atoms with Gasteiger partial charge in [0.05, 0.1) is 12.9 Å². The Labute approximate surface area is 119 Å². The van der Waals surface area contributed by atoms with Crippen molar-refractivity contribution in [1.82, 2.24) is 9.55 Å². The predicted molar refractivity (Wildman–Crippen MR) is 74.6 cm³/mol. The number of halogens is 1. The summed E-state index contributed by atoms with van der Waals surface area (Å²) >= 11 is 3.48. The normalized spacial score (nSPS) is 13.2. The van der Waals surface area contributed by atoms with Gasteiger partial charge in [0.25, 0.3) is 0 Å². The van der Waals surface area contributed by atoms with E-state index in [-0.39, 0.29) is 5.78 Å². The van der Waals surface area contributed by atoms with Gasteiger partial charge in [0.2, 0.25) is 0 Å². The van der Waals surface area contributed by atoms with Crippen LogP contribution in [0.3, 0.4) is 0 Å². The van der Waals surface area contributed by atoms with Gasteiger partial charge >= 0.3 is 0 Å². The van der Waals surface area contributed by atoms with Crippen LogP contribution < -0.4 is 4.74 Å². The van der Waals surface area contributed by atoms with Crippen molar-refractivity contribution in [3.05, 3.63) is 46.0 Å². The lowest BCUT2D eigenvalue weighted by Gasteiger charge is -2.07. The minimum atomic E-state index is 0.0106. The number of nitrogens with zero attached hydrogens (tertiary/aromatic N) is 2. The maximum Gasteiger partial charge on any atom is 0.187 e. The molecule has 0 aliphatic carbocycles. The average molecular weight is 321 g/mol. The summed E-state index contributed by atoms with van der Waals surface area (Å²) in [4.78, 5) is 16.3. The molecular weight excluding hydrogens is 308 g/mol. The van der Waals surface area contributed by atoms with Crippen molar-refractivity contribution in [1.29, 1.82) is 0 Å². The highest BCUT2D eigenvalue weighted by molar-refractivity contribution is 9.10. The van der Waals surface area contributed by atoms with Gasteiger partial charge in [-0.25, -0.2) is 4.98 Å². The minimum absolute atomic E-state index is 0.0106. The Bertz CT molecular complexity index is 649. The number of Topliss-reactive ketones (excluding diaryl/α,β-unsaturated/α-hetero) is 1. The van der Waals surface area contributed by atoms with Crippen LogP contribution in [-0.4, -0.2) is 21.9 Å². The molecule has 19 heavy (non-hydrogen) atoms. The predicted octanol–water partition coefficient (Wildman–Crippen LogP) is 2.54. The molecule has 0 N–H and O–H groups in total. The molecule has 1 aliphatic heterocycles. The summed E-state index contributed by atoms with van der Waals surface area (Å²) in [5, 5.41) is 0. The SMILES string of the molecule is Cn1cnc(C(=O)Cc2cc(Br)cc3c2OCC3)c1. The van der Waals surface area contributed by atoms with E-state index in [2.05, 4.69) is 27.0 Å². The van der Waals surface area contributed by atoms with Gasteiger partial charge < -0.3 is 9.30 Å². The average Bonchev–Trinajstić information content (AvgIpc) is 2.97. The van der Waals surface area contributed by atoms with E-state index in [1.807, 2.05) is 13.1 Å². The van der Waals surface area contributed by atoms with Crippen LogP contribution in [0.5, 0.6) is 5.75 Å². The lowest BCUT2D eigenvalue weighted by atomic mass is 10.0. The summed E-state index contributed by atoms with van der Waals surface area (Å²) in [5.41, 5.74) is 2.59. The lowest BCUT2D eigenvalue weighted by Crippen LogP contribution is -2.05. The van der Waals surface area contributed by atoms with E-state index in [1.54, 1.807) is 17.1 Å². The number of hydrogen-bond acceptors (Lipinski definition) is 3. The Morgan fingerprint density at radius 3 is 3.11 bits per heavy atom. The summed E-state index contributed by atoms with van der Waals surface area (Å²) in [6.07, 6.45) is 4.59. The molecule has 0 saturated heterocycles. The molecule has 3 rings (SSSR count). The highest BCUT2D eigenvalue weighted by Gasteiger charge is 2.20. The Balaban J connectivity index is 1.90. The fourth-order valence-electron chi connectivity index (χ4n) is 2.30. The second kappa shape index (κ2) is 4.81. The van der Waals surface area contributed by atoms with Crippen LogP contribution in [0.1, 0.15) is 21.6 Å². The number of rotatable bonds is 3. The van der Waals surface area contributed by atoms with Crippen LogP contribution in [0.25, 0.3) is 0 Å². The number of ketones is 1. The molecule has 4 nitrogen and oxygen atoms in total. The maximum absolute atomic E-state index is 12.2. The number of carbonyl (C=O) groups is 1. The maximum atomic E-state index is 12.2. The van der Waals surface area contributed by atoms with E-state index in [1.165, 1.54) is 0 Å². The van der Waals surface area contributed by atoms with Crippen molar-refractivity contribution in [2.75, 3.05) is 6.61 Å². The van der Waals surface area contributed by atoms with Gasteiger partial charge in [0, 0.05) is 36.1 Å². The molecule has 0 unspecified atom stereocenters. The van der Waals surface area contributed by atoms with Gasteiger partial charge in [0.15, 0.2) is 5.78 Å². The summed E-state index contributed by atoms with van der Waals surface area (Å²) in [5.74, 6) is 0.879. The number of benzene rings is 1. The van der Waals surface area contributed by atoms with Crippen molar-refractivity contribution >= 4 is 21.7 Å². The molecule has 0 amide bonds. The zero-order valence-corrected chi connectivity index (χ0v) is 12.1. The molecule has 0 spiro atoms. The Morgan fingerprint density at radius 2 is 2.37 bits per heavy atom. The summed E-state index contributed by atoms with van der Waals surface area (Å²) in [6.45, 7) is 0.691. The molecule has 1 aromatic heterocycles. The highest BCUT2D eigenvalue weighted by Crippen LogP contribution is 2.33. The monoisotopic (exact) mass is 320 g/mol. The fraction of sp³-hybridized carbons (Fsp3) is 0.286. The van der Waals surface area contributed by atoms with Crippen LogP contribution in [0.4, 0.5) is 0 Å². The van der Waals surface area contributed by atoms with E-state index in [0.717, 1.165) is 27.8 Å². The second-order valence-electron chi connectivity index (χ2n) is 4.68. The summed E-state index contributed by atoms with van der Waals surface area (Å²) < 4.78 is 8.39. The van der Waals surface area contributed by atoms with Gasteiger partial charge in [-0.05, 0) is 17.7 Å². The van der Waals surface area contributed by atoms with Crippen molar-refractivity contribution in [3.8, 4) is 5.75 Å². The lowest BCUT2D eigenvalue weighted by molar-refractivity contribution is 0.0987. The minimum Gasteiger partial charge on any atom is -0.493 e. The van der Waals surface area contributed by atoms with Gasteiger partial charge in [-0.2, -0.15) is 0 Å². The van der Waals surface area contributed by atoms with Gasteiger partial charge in [-0.3, -0.25) is 4.79 Å². The third-order valence-electron chi connectivity index (χ3n) is 3.17. The molecule has 98 valence electrons. The number of carbonyl (C=O) groups excluding carboxylic acids is 1. The summed E-state index contributed by atoms with van der Waals surface area (Å²) in [7, 11) is 1.85. The number of aryl methyl sites for hydroxylation is 1. The Morgan fingerprint density at radius 1 is 1.53 bits per heavy atom. The molecule has 1 aromatic carbocycles. The first-order valence-corrected chi connectivity index (χ1v) is 6.88. The van der Waals surface area contributed by atoms with E-state index >= 15 is 0 Å². The first-order chi connectivity index (χ1) is 9.13. The number of imidazole rings is 1. The standard InChI is InChI=1S/C14H13BrN2O2/c1-17-7-12(16-8-17)13(18)6-10-5-11(15)4-9-2-3-19-14(9)10/h4-5,7-8H,2-3,6H2,1H3. The Hall–Kier alpha value is -1.62. The molecule has 2 aromatic rings. The van der Waals surface area contributed by atoms with E-state index in [0.29, 0.717) is 18.7 Å². The van der Waals surface area contributed by atoms with E-state index in [9.17, 15) is 4.79 Å². The Kier molecular flexibility index (Phi) is 3.14. The van der Waals surface area contributed by atoms with Gasteiger partial charge in [0.1, 0.15) is 11.4 Å². The highest BCUT2D eigenvalue weighted by atomic mass is 79.9. The zero-order valence-electron chi connectivity index (χ0n) is 10.5. The fourth-order valence-corrected chi connectivity index (χ4v) is 2.85. The summed E-state index contributed by atoms with van der Waals surface area (Å²) in [6, 6.07) is 4.00. The largest absolute Gasteiger partial charge is 0.493 e. The third kappa shape index (κ3) is 2.42. The quantitative estimate of drug-likeness (QED) is 0.816. The molecule has 0 fully saturated rings. The van der Waals surface area contributed by atoms with E-state index < -0.39 is 0 Å². The molecule has 2 heterocycles. The topological polar surface area (TPSA) is 44.1 Å². The van der Waals surface area contributed by atoms with Crippen LogP contribution in [0.2, 0.25) is 0 Å². The number of fused-ring (bicyclic) bond motifs is 1. The second-order valence-corrected chi connectivity index (χ2v) is 5.59. The third-order valence-corrected chi connectivity index (χ3v) is 3.62. The van der Waals surface area contributed by atoms with Gasteiger partial charge in [-0.15, -0.1) is 0 Å². The van der Waals surface area contributed by atoms with Crippen molar-refractivity contribution < 1.29 is 9.53 Å². The molecule has 5 heteroatoms. The van der Waals surface area contributed by atoms with Crippen LogP contribution in [0, 0.1) is 0 Å². The smallest absolute Gasteiger partial charge is 0.187 e. The molecule has 0 saturated carbocycles. The van der Waals surface area contributed by atoms with E-state index in [4.69, 9.17) is 4.74 Å². The van der Waals surface area contributed by atoms with Crippen LogP contribution in [0.15, 0.2) is 29.1 Å². The molecule has 0 radical (unpaired) electrons. The first kappa shape index (κ1) is 12.4. The first-order valence-electron chi connectivity index (χ1n) is 6.09. The molecule has 0 bridgehead atoms. The number of ether oxygens (including phenoxy) is 1. The van der Waals surface area contributed by atoms with Crippen molar-refractivity contribution in [2.45, 2.75) is 12.8 Å². The zero-order chi connectivity index (χ0) is 13.4. The van der Waals surface area contributed by atoms with Crippen LogP contribution in [-0.2, 0) is 19.9 Å².